The standard InChI is InChI=1S/C21H15OS/c22-13-15-7-5-6-14(21(15)23)12-20-18-10-3-1-8-16(18)17-9-2-4-11-19(17)20/h1-11,14,20H,12H2. The highest BCUT2D eigenvalue weighted by Crippen LogP contribution is 2.47. The van der Waals surface area contributed by atoms with E-state index in [1.807, 2.05) is 12.4 Å². The van der Waals surface area contributed by atoms with Gasteiger partial charge in [-0.25, -0.2) is 0 Å². The molecule has 1 unspecified atom stereocenters. The maximum absolute atomic E-state index is 11.0. The van der Waals surface area contributed by atoms with Crippen molar-refractivity contribution in [1.29, 1.82) is 0 Å². The Morgan fingerprint density at radius 1 is 0.957 bits per heavy atom. The molecule has 1 nitrogen and oxygen atoms in total. The zero-order valence-corrected chi connectivity index (χ0v) is 13.3. The molecule has 2 aliphatic rings. The van der Waals surface area contributed by atoms with Gasteiger partial charge in [-0.05, 0) is 28.7 Å². The van der Waals surface area contributed by atoms with Crippen LogP contribution in [0, 0.1) is 5.92 Å². The number of rotatable bonds is 3. The first-order valence-electron chi connectivity index (χ1n) is 7.78. The van der Waals surface area contributed by atoms with Crippen LogP contribution in [-0.4, -0.2) is 11.2 Å². The third-order valence-corrected chi connectivity index (χ3v) is 5.29. The Kier molecular flexibility index (Phi) is 3.55. The van der Waals surface area contributed by atoms with E-state index < -0.39 is 0 Å². The molecule has 0 saturated heterocycles. The van der Waals surface area contributed by atoms with Gasteiger partial charge in [0.1, 0.15) is 0 Å². The van der Waals surface area contributed by atoms with Crippen molar-refractivity contribution >= 4 is 23.4 Å². The second-order valence-electron chi connectivity index (χ2n) is 6.00. The molecule has 4 rings (SSSR count). The number of benzene rings is 2. The number of thiocarbonyl (C=S) groups is 1. The Morgan fingerprint density at radius 3 is 2.17 bits per heavy atom. The van der Waals surface area contributed by atoms with Gasteiger partial charge in [0.25, 0.3) is 0 Å². The van der Waals surface area contributed by atoms with E-state index in [2.05, 4.69) is 54.6 Å². The third-order valence-electron chi connectivity index (χ3n) is 4.77. The summed E-state index contributed by atoms with van der Waals surface area (Å²) in [7, 11) is 0. The fourth-order valence-corrected chi connectivity index (χ4v) is 3.98. The van der Waals surface area contributed by atoms with E-state index in [9.17, 15) is 4.79 Å². The summed E-state index contributed by atoms with van der Waals surface area (Å²) in [5.74, 6) is 0.427. The lowest BCUT2D eigenvalue weighted by molar-refractivity contribution is 0.562. The zero-order chi connectivity index (χ0) is 15.8. The molecule has 0 fully saturated rings. The van der Waals surface area contributed by atoms with E-state index in [4.69, 9.17) is 12.2 Å². The molecule has 0 amide bonds. The molecule has 0 bridgehead atoms. The van der Waals surface area contributed by atoms with Crippen LogP contribution in [-0.2, 0) is 4.79 Å². The highest BCUT2D eigenvalue weighted by atomic mass is 32.1. The van der Waals surface area contributed by atoms with Gasteiger partial charge in [0.05, 0.1) is 0 Å². The number of fused-ring (bicyclic) bond motifs is 3. The largest absolute Gasteiger partial charge is 0.285 e. The summed E-state index contributed by atoms with van der Waals surface area (Å²) in [6.07, 6.45) is 8.64. The van der Waals surface area contributed by atoms with Gasteiger partial charge in [-0.15, -0.1) is 0 Å². The van der Waals surface area contributed by atoms with Crippen molar-refractivity contribution < 1.29 is 4.79 Å². The van der Waals surface area contributed by atoms with Crippen LogP contribution in [0.25, 0.3) is 11.1 Å². The van der Waals surface area contributed by atoms with Crippen LogP contribution in [0.1, 0.15) is 23.5 Å². The first-order valence-corrected chi connectivity index (χ1v) is 8.19. The molecule has 111 valence electrons. The van der Waals surface area contributed by atoms with Crippen molar-refractivity contribution in [2.24, 2.45) is 5.92 Å². The molecule has 1 radical (unpaired) electrons. The van der Waals surface area contributed by atoms with Crippen molar-refractivity contribution in [3.63, 3.8) is 0 Å². The molecule has 0 heterocycles. The third kappa shape index (κ3) is 2.30. The molecule has 0 N–H and O–H groups in total. The Bertz CT molecular complexity index is 814. The van der Waals surface area contributed by atoms with E-state index in [0.717, 1.165) is 6.42 Å². The number of carbonyl (C=O) groups excluding carboxylic acids is 1. The van der Waals surface area contributed by atoms with Crippen molar-refractivity contribution in [3.8, 4) is 11.1 Å². The highest BCUT2D eigenvalue weighted by molar-refractivity contribution is 7.81. The van der Waals surface area contributed by atoms with Gasteiger partial charge in [-0.1, -0.05) is 79.0 Å². The summed E-state index contributed by atoms with van der Waals surface area (Å²) in [5.41, 5.74) is 5.87. The van der Waals surface area contributed by atoms with Crippen molar-refractivity contribution in [2.45, 2.75) is 12.3 Å². The monoisotopic (exact) mass is 315 g/mol. The molecule has 2 heteroatoms. The van der Waals surface area contributed by atoms with Crippen LogP contribution < -0.4 is 0 Å². The molecule has 2 aromatic rings. The maximum atomic E-state index is 11.0. The van der Waals surface area contributed by atoms with Gasteiger partial charge in [-0.3, -0.25) is 4.79 Å². The van der Waals surface area contributed by atoms with Crippen LogP contribution in [0.2, 0.25) is 0 Å². The smallest absolute Gasteiger partial charge is 0.234 e. The molecule has 0 aliphatic heterocycles. The lowest BCUT2D eigenvalue weighted by atomic mass is 9.82. The Morgan fingerprint density at radius 2 is 1.57 bits per heavy atom. The zero-order valence-electron chi connectivity index (χ0n) is 12.5. The van der Waals surface area contributed by atoms with Gasteiger partial charge in [0.15, 0.2) is 0 Å². The van der Waals surface area contributed by atoms with Crippen molar-refractivity contribution in [3.05, 3.63) is 83.5 Å². The molecular weight excluding hydrogens is 300 g/mol. The van der Waals surface area contributed by atoms with Gasteiger partial charge in [-0.2, -0.15) is 0 Å². The maximum Gasteiger partial charge on any atom is 0.234 e. The second kappa shape index (κ2) is 5.71. The topological polar surface area (TPSA) is 17.1 Å². The summed E-state index contributed by atoms with van der Waals surface area (Å²) in [6.45, 7) is 0. The van der Waals surface area contributed by atoms with Crippen LogP contribution >= 0.6 is 12.2 Å². The summed E-state index contributed by atoms with van der Waals surface area (Å²) < 4.78 is 0. The molecular formula is C21H15OS. The molecule has 0 aromatic heterocycles. The lowest BCUT2D eigenvalue weighted by Crippen LogP contribution is -2.18. The average molecular weight is 315 g/mol. The Hall–Kier alpha value is -2.32. The average Bonchev–Trinajstić information content (AvgIpc) is 2.91. The molecule has 2 aromatic carbocycles. The summed E-state index contributed by atoms with van der Waals surface area (Å²) in [4.78, 5) is 11.7. The SMILES string of the molecule is O=[C]C1=CC=CC(CC2c3ccccc3-c3ccccc32)C1=S. The highest BCUT2D eigenvalue weighted by Gasteiger charge is 2.31. The van der Waals surface area contributed by atoms with Crippen LogP contribution in [0.4, 0.5) is 0 Å². The number of hydrogen-bond acceptors (Lipinski definition) is 2. The van der Waals surface area contributed by atoms with Crippen molar-refractivity contribution in [2.75, 3.05) is 0 Å². The van der Waals surface area contributed by atoms with Crippen LogP contribution in [0.5, 0.6) is 0 Å². The summed E-state index contributed by atoms with van der Waals surface area (Å²) in [5, 5.41) is 0. The number of allylic oxidation sites excluding steroid dienone is 4. The van der Waals surface area contributed by atoms with E-state index in [0.29, 0.717) is 16.4 Å². The van der Waals surface area contributed by atoms with E-state index in [-0.39, 0.29) is 5.92 Å². The summed E-state index contributed by atoms with van der Waals surface area (Å²) in [6, 6.07) is 17.2. The lowest BCUT2D eigenvalue weighted by Gasteiger charge is -2.22. The van der Waals surface area contributed by atoms with Crippen molar-refractivity contribution in [1.82, 2.24) is 0 Å². The van der Waals surface area contributed by atoms with Gasteiger partial charge < -0.3 is 0 Å². The minimum absolute atomic E-state index is 0.107. The Labute approximate surface area is 141 Å². The van der Waals surface area contributed by atoms with E-state index >= 15 is 0 Å². The Balaban J connectivity index is 1.73. The molecule has 1 atom stereocenters. The predicted octanol–water partition coefficient (Wildman–Crippen LogP) is 4.78. The quantitative estimate of drug-likeness (QED) is 0.758. The van der Waals surface area contributed by atoms with E-state index in [1.165, 1.54) is 22.3 Å². The molecule has 2 aliphatic carbocycles. The van der Waals surface area contributed by atoms with Gasteiger partial charge in [0, 0.05) is 22.3 Å². The normalized spacial score (nSPS) is 19.2. The fourth-order valence-electron chi connectivity index (χ4n) is 3.69. The van der Waals surface area contributed by atoms with Crippen LogP contribution in [0.3, 0.4) is 0 Å². The molecule has 0 saturated carbocycles. The van der Waals surface area contributed by atoms with Crippen LogP contribution in [0.15, 0.2) is 72.3 Å². The minimum Gasteiger partial charge on any atom is -0.285 e. The fraction of sp³-hybridized carbons (Fsp3) is 0.143. The number of hydrogen-bond donors (Lipinski definition) is 0. The van der Waals surface area contributed by atoms with Gasteiger partial charge in [0.2, 0.25) is 6.29 Å². The molecule has 23 heavy (non-hydrogen) atoms. The first kappa shape index (κ1) is 14.3. The van der Waals surface area contributed by atoms with Gasteiger partial charge >= 0.3 is 0 Å². The predicted molar refractivity (Wildman–Crippen MR) is 97.3 cm³/mol. The molecule has 0 spiro atoms. The minimum atomic E-state index is 0.107. The first-order chi connectivity index (χ1) is 11.3. The van der Waals surface area contributed by atoms with E-state index in [1.54, 1.807) is 6.08 Å². The summed E-state index contributed by atoms with van der Waals surface area (Å²) >= 11 is 5.50. The second-order valence-corrected chi connectivity index (χ2v) is 6.44.